The van der Waals surface area contributed by atoms with Crippen molar-refractivity contribution in [3.05, 3.63) is 107 Å². The summed E-state index contributed by atoms with van der Waals surface area (Å²) in [7, 11) is 0. The lowest BCUT2D eigenvalue weighted by Crippen LogP contribution is -2.23. The summed E-state index contributed by atoms with van der Waals surface area (Å²) in [5.41, 5.74) is 2.13. The Hall–Kier alpha value is -3.91. The minimum absolute atomic E-state index is 0.0148. The minimum atomic E-state index is -0.434. The van der Waals surface area contributed by atoms with Gasteiger partial charge in [-0.2, -0.15) is 5.26 Å². The molecule has 0 aliphatic rings. The third-order valence-electron chi connectivity index (χ3n) is 4.20. The number of nitrogens with zero attached hydrogens (tertiary/aromatic N) is 1. The number of ether oxygens (including phenoxy) is 1. The number of nitrogens with one attached hydrogen (secondary N) is 1. The first-order valence-electron chi connectivity index (χ1n) is 9.06. The quantitative estimate of drug-likeness (QED) is 0.476. The van der Waals surface area contributed by atoms with E-state index in [0.717, 1.165) is 5.56 Å². The summed E-state index contributed by atoms with van der Waals surface area (Å²) in [5, 5.41) is 12.0. The van der Waals surface area contributed by atoms with Crippen molar-refractivity contribution in [2.45, 2.75) is 13.2 Å². The molecular weight excluding hydrogens is 367 g/mol. The SMILES string of the molecule is N#C/C(=C/c1ccc(OCc2ccccc2F)cc1)C(=O)NCc1ccccc1. The number of benzene rings is 3. The molecule has 29 heavy (non-hydrogen) atoms. The van der Waals surface area contributed by atoms with Gasteiger partial charge in [0.2, 0.25) is 0 Å². The van der Waals surface area contributed by atoms with Crippen LogP contribution in [-0.4, -0.2) is 5.91 Å². The molecule has 3 aromatic carbocycles. The highest BCUT2D eigenvalue weighted by molar-refractivity contribution is 6.01. The second-order valence-corrected chi connectivity index (χ2v) is 6.29. The van der Waals surface area contributed by atoms with Crippen molar-refractivity contribution >= 4 is 12.0 Å². The van der Waals surface area contributed by atoms with Gasteiger partial charge in [-0.05, 0) is 35.4 Å². The van der Waals surface area contributed by atoms with Crippen LogP contribution in [0.2, 0.25) is 0 Å². The molecule has 0 spiro atoms. The molecule has 1 N–H and O–H groups in total. The van der Waals surface area contributed by atoms with Crippen LogP contribution in [0.4, 0.5) is 4.39 Å². The number of halogens is 1. The Morgan fingerprint density at radius 3 is 2.38 bits per heavy atom. The zero-order valence-corrected chi connectivity index (χ0v) is 15.6. The Kier molecular flexibility index (Phi) is 6.75. The number of nitriles is 1. The average Bonchev–Trinajstić information content (AvgIpc) is 2.77. The predicted molar refractivity (Wildman–Crippen MR) is 109 cm³/mol. The maximum absolute atomic E-state index is 13.6. The van der Waals surface area contributed by atoms with E-state index in [0.29, 0.717) is 23.4 Å². The number of rotatable bonds is 7. The van der Waals surface area contributed by atoms with Crippen molar-refractivity contribution in [1.29, 1.82) is 5.26 Å². The number of hydrogen-bond acceptors (Lipinski definition) is 3. The van der Waals surface area contributed by atoms with Gasteiger partial charge in [-0.1, -0.05) is 60.7 Å². The first-order valence-corrected chi connectivity index (χ1v) is 9.06. The zero-order chi connectivity index (χ0) is 20.5. The van der Waals surface area contributed by atoms with Gasteiger partial charge in [-0.25, -0.2) is 4.39 Å². The second kappa shape index (κ2) is 9.86. The van der Waals surface area contributed by atoms with Crippen LogP contribution in [0, 0.1) is 17.1 Å². The molecule has 0 radical (unpaired) electrons. The fraction of sp³-hybridized carbons (Fsp3) is 0.0833. The summed E-state index contributed by atoms with van der Waals surface area (Å²) in [6.45, 7) is 0.467. The molecular formula is C24H19FN2O2. The predicted octanol–water partition coefficient (Wildman–Crippen LogP) is 4.63. The lowest BCUT2D eigenvalue weighted by atomic mass is 10.1. The normalized spacial score (nSPS) is 10.8. The van der Waals surface area contributed by atoms with Crippen molar-refractivity contribution in [1.82, 2.24) is 5.32 Å². The van der Waals surface area contributed by atoms with Gasteiger partial charge in [0.1, 0.15) is 29.8 Å². The smallest absolute Gasteiger partial charge is 0.262 e. The minimum Gasteiger partial charge on any atom is -0.489 e. The molecule has 4 nitrogen and oxygen atoms in total. The van der Waals surface area contributed by atoms with Gasteiger partial charge in [0.15, 0.2) is 0 Å². The van der Waals surface area contributed by atoms with Crippen LogP contribution in [-0.2, 0) is 17.9 Å². The largest absolute Gasteiger partial charge is 0.489 e. The number of hydrogen-bond donors (Lipinski definition) is 1. The molecule has 0 aliphatic carbocycles. The summed E-state index contributed by atoms with van der Waals surface area (Å²) < 4.78 is 19.2. The zero-order valence-electron chi connectivity index (χ0n) is 15.6. The van der Waals surface area contributed by atoms with Gasteiger partial charge in [-0.3, -0.25) is 4.79 Å². The topological polar surface area (TPSA) is 62.1 Å². The number of carbonyl (C=O) groups is 1. The van der Waals surface area contributed by atoms with Crippen LogP contribution in [0.3, 0.4) is 0 Å². The molecule has 3 aromatic rings. The van der Waals surface area contributed by atoms with Gasteiger partial charge in [0.25, 0.3) is 5.91 Å². The van der Waals surface area contributed by atoms with Crippen molar-refractivity contribution in [2.75, 3.05) is 0 Å². The van der Waals surface area contributed by atoms with E-state index in [1.54, 1.807) is 42.5 Å². The van der Waals surface area contributed by atoms with Crippen molar-refractivity contribution in [2.24, 2.45) is 0 Å². The Labute approximate surface area is 168 Å². The molecule has 0 saturated heterocycles. The molecule has 0 aliphatic heterocycles. The summed E-state index contributed by atoms with van der Waals surface area (Å²) in [6.07, 6.45) is 1.51. The highest BCUT2D eigenvalue weighted by Gasteiger charge is 2.09. The molecule has 0 bridgehead atoms. The lowest BCUT2D eigenvalue weighted by Gasteiger charge is -2.07. The van der Waals surface area contributed by atoms with Crippen LogP contribution in [0.25, 0.3) is 6.08 Å². The van der Waals surface area contributed by atoms with Crippen molar-refractivity contribution < 1.29 is 13.9 Å². The Morgan fingerprint density at radius 2 is 1.69 bits per heavy atom. The van der Waals surface area contributed by atoms with E-state index in [4.69, 9.17) is 4.74 Å². The van der Waals surface area contributed by atoms with Crippen LogP contribution in [0.1, 0.15) is 16.7 Å². The van der Waals surface area contributed by atoms with E-state index in [2.05, 4.69) is 5.32 Å². The van der Waals surface area contributed by atoms with Gasteiger partial charge in [0, 0.05) is 12.1 Å². The first kappa shape index (κ1) is 19.8. The summed E-state index contributed by atoms with van der Waals surface area (Å²) >= 11 is 0. The Balaban J connectivity index is 1.60. The van der Waals surface area contributed by atoms with Gasteiger partial charge in [0.05, 0.1) is 0 Å². The summed E-state index contributed by atoms with van der Waals surface area (Å²) in [5.74, 6) is -0.180. The molecule has 0 unspecified atom stereocenters. The van der Waals surface area contributed by atoms with E-state index in [9.17, 15) is 14.4 Å². The maximum Gasteiger partial charge on any atom is 0.262 e. The van der Waals surface area contributed by atoms with E-state index in [-0.39, 0.29) is 18.0 Å². The molecule has 3 rings (SSSR count). The summed E-state index contributed by atoms with van der Waals surface area (Å²) in [6, 6.07) is 24.7. The van der Waals surface area contributed by atoms with Crippen LogP contribution in [0.5, 0.6) is 5.75 Å². The summed E-state index contributed by atoms with van der Waals surface area (Å²) in [4.78, 5) is 12.2. The molecule has 5 heteroatoms. The maximum atomic E-state index is 13.6. The molecule has 0 aromatic heterocycles. The number of carbonyl (C=O) groups excluding carboxylic acids is 1. The van der Waals surface area contributed by atoms with Crippen LogP contribution < -0.4 is 10.1 Å². The van der Waals surface area contributed by atoms with E-state index in [1.807, 2.05) is 36.4 Å². The lowest BCUT2D eigenvalue weighted by molar-refractivity contribution is -0.117. The molecule has 1 amide bonds. The Morgan fingerprint density at radius 1 is 1.00 bits per heavy atom. The van der Waals surface area contributed by atoms with E-state index in [1.165, 1.54) is 12.1 Å². The molecule has 0 atom stereocenters. The third kappa shape index (κ3) is 5.78. The molecule has 0 fully saturated rings. The van der Waals surface area contributed by atoms with Gasteiger partial charge < -0.3 is 10.1 Å². The Bertz CT molecular complexity index is 1040. The fourth-order valence-corrected chi connectivity index (χ4v) is 2.63. The van der Waals surface area contributed by atoms with Crippen LogP contribution in [0.15, 0.2) is 84.4 Å². The van der Waals surface area contributed by atoms with E-state index >= 15 is 0 Å². The standard InChI is InChI=1S/C24H19FN2O2/c25-23-9-5-4-8-20(23)17-29-22-12-10-18(11-13-22)14-21(15-26)24(28)27-16-19-6-2-1-3-7-19/h1-14H,16-17H2,(H,27,28)/b21-14-. The second-order valence-electron chi connectivity index (χ2n) is 6.29. The highest BCUT2D eigenvalue weighted by atomic mass is 19.1. The highest BCUT2D eigenvalue weighted by Crippen LogP contribution is 2.17. The molecule has 144 valence electrons. The first-order chi connectivity index (χ1) is 14.2. The van der Waals surface area contributed by atoms with Gasteiger partial charge >= 0.3 is 0 Å². The van der Waals surface area contributed by atoms with Crippen LogP contribution >= 0.6 is 0 Å². The van der Waals surface area contributed by atoms with E-state index < -0.39 is 5.91 Å². The number of amides is 1. The monoisotopic (exact) mass is 386 g/mol. The van der Waals surface area contributed by atoms with Gasteiger partial charge in [-0.15, -0.1) is 0 Å². The average molecular weight is 386 g/mol. The third-order valence-corrected chi connectivity index (χ3v) is 4.20. The molecule has 0 saturated carbocycles. The van der Waals surface area contributed by atoms with Crippen molar-refractivity contribution in [3.8, 4) is 11.8 Å². The molecule has 0 heterocycles. The van der Waals surface area contributed by atoms with Crippen molar-refractivity contribution in [3.63, 3.8) is 0 Å². The fourth-order valence-electron chi connectivity index (χ4n) is 2.63.